The first-order valence-electron chi connectivity index (χ1n) is 7.55. The molecule has 0 unspecified atom stereocenters. The Morgan fingerprint density at radius 2 is 1.89 bits per heavy atom. The van der Waals surface area contributed by atoms with Gasteiger partial charge in [0.15, 0.2) is 0 Å². The first-order valence-corrected chi connectivity index (χ1v) is 7.55. The third-order valence-corrected chi connectivity index (χ3v) is 4.41. The van der Waals surface area contributed by atoms with E-state index < -0.39 is 0 Å². The van der Waals surface area contributed by atoms with Crippen molar-refractivity contribution in [3.8, 4) is 0 Å². The predicted molar refractivity (Wildman–Crippen MR) is 84.2 cm³/mol. The lowest BCUT2D eigenvalue weighted by atomic mass is 9.88. The molecule has 0 heterocycles. The molecule has 2 rings (SSSR count). The standard InChI is InChI=1S/C18H27N/c1-14-10-11-18(15(2)12-14)16(3)19(4)13-17-8-6-5-7-9-17/h10-12,17H,3,5-9,13H2,1-2,4H3. The lowest BCUT2D eigenvalue weighted by molar-refractivity contribution is 0.289. The van der Waals surface area contributed by atoms with E-state index in [1.807, 2.05) is 0 Å². The Kier molecular flexibility index (Phi) is 4.68. The molecule has 1 aliphatic carbocycles. The molecule has 0 bridgehead atoms. The molecule has 0 radical (unpaired) electrons. The Bertz CT molecular complexity index is 441. The second-order valence-corrected chi connectivity index (χ2v) is 6.15. The second kappa shape index (κ2) is 6.27. The summed E-state index contributed by atoms with van der Waals surface area (Å²) < 4.78 is 0. The average Bonchev–Trinajstić information content (AvgIpc) is 2.39. The van der Waals surface area contributed by atoms with Crippen molar-refractivity contribution in [2.24, 2.45) is 5.92 Å². The van der Waals surface area contributed by atoms with E-state index in [0.29, 0.717) is 0 Å². The molecule has 0 atom stereocenters. The highest BCUT2D eigenvalue weighted by molar-refractivity contribution is 5.65. The van der Waals surface area contributed by atoms with E-state index in [9.17, 15) is 0 Å². The molecule has 0 N–H and O–H groups in total. The normalized spacial score (nSPS) is 16.4. The molecule has 0 aliphatic heterocycles. The number of benzene rings is 1. The van der Waals surface area contributed by atoms with Gasteiger partial charge in [0, 0.05) is 24.9 Å². The Morgan fingerprint density at radius 3 is 2.53 bits per heavy atom. The quantitative estimate of drug-likeness (QED) is 0.750. The number of hydrogen-bond donors (Lipinski definition) is 0. The summed E-state index contributed by atoms with van der Waals surface area (Å²) in [6.45, 7) is 9.79. The molecule has 0 aromatic heterocycles. The summed E-state index contributed by atoms with van der Waals surface area (Å²) in [5.74, 6) is 0.862. The lowest BCUT2D eigenvalue weighted by Crippen LogP contribution is -2.25. The molecule has 19 heavy (non-hydrogen) atoms. The van der Waals surface area contributed by atoms with Gasteiger partial charge in [-0.15, -0.1) is 0 Å². The molecule has 1 heteroatoms. The zero-order chi connectivity index (χ0) is 13.8. The molecule has 1 aromatic carbocycles. The van der Waals surface area contributed by atoms with Gasteiger partial charge in [-0.25, -0.2) is 0 Å². The van der Waals surface area contributed by atoms with Crippen LogP contribution in [0.3, 0.4) is 0 Å². The third kappa shape index (κ3) is 3.62. The van der Waals surface area contributed by atoms with E-state index in [1.165, 1.54) is 54.5 Å². The molecular weight excluding hydrogens is 230 g/mol. The molecule has 1 nitrogen and oxygen atoms in total. The third-order valence-electron chi connectivity index (χ3n) is 4.41. The summed E-state index contributed by atoms with van der Waals surface area (Å²) in [5, 5.41) is 0. The SMILES string of the molecule is C=C(c1ccc(C)cc1C)N(C)CC1CCCCC1. The van der Waals surface area contributed by atoms with Crippen molar-refractivity contribution in [2.45, 2.75) is 46.0 Å². The van der Waals surface area contributed by atoms with Crippen LogP contribution in [0.15, 0.2) is 24.8 Å². The van der Waals surface area contributed by atoms with E-state index in [-0.39, 0.29) is 0 Å². The summed E-state index contributed by atoms with van der Waals surface area (Å²) in [6, 6.07) is 6.64. The van der Waals surface area contributed by atoms with Crippen molar-refractivity contribution >= 4 is 5.70 Å². The highest BCUT2D eigenvalue weighted by atomic mass is 15.1. The fourth-order valence-corrected chi connectivity index (χ4v) is 3.21. The average molecular weight is 257 g/mol. The van der Waals surface area contributed by atoms with E-state index in [0.717, 1.165) is 12.5 Å². The second-order valence-electron chi connectivity index (χ2n) is 6.15. The first kappa shape index (κ1) is 14.2. The van der Waals surface area contributed by atoms with Gasteiger partial charge in [0.2, 0.25) is 0 Å². The van der Waals surface area contributed by atoms with Crippen molar-refractivity contribution in [1.29, 1.82) is 0 Å². The molecule has 1 saturated carbocycles. The Labute approximate surface area is 118 Å². The van der Waals surface area contributed by atoms with Crippen LogP contribution in [-0.2, 0) is 0 Å². The lowest BCUT2D eigenvalue weighted by Gasteiger charge is -2.30. The highest BCUT2D eigenvalue weighted by Crippen LogP contribution is 2.27. The number of nitrogens with zero attached hydrogens (tertiary/aromatic N) is 1. The summed E-state index contributed by atoms with van der Waals surface area (Å²) in [6.07, 6.45) is 7.04. The van der Waals surface area contributed by atoms with Gasteiger partial charge in [0.05, 0.1) is 0 Å². The predicted octanol–water partition coefficient (Wildman–Crippen LogP) is 4.79. The van der Waals surface area contributed by atoms with Crippen LogP contribution in [-0.4, -0.2) is 18.5 Å². The highest BCUT2D eigenvalue weighted by Gasteiger charge is 2.17. The largest absolute Gasteiger partial charge is 0.374 e. The summed E-state index contributed by atoms with van der Waals surface area (Å²) in [7, 11) is 2.19. The van der Waals surface area contributed by atoms with Crippen LogP contribution < -0.4 is 0 Å². The Hall–Kier alpha value is -1.24. The molecule has 104 valence electrons. The topological polar surface area (TPSA) is 3.24 Å². The van der Waals surface area contributed by atoms with Gasteiger partial charge in [-0.1, -0.05) is 49.6 Å². The summed E-state index contributed by atoms with van der Waals surface area (Å²) in [4.78, 5) is 2.35. The minimum absolute atomic E-state index is 0.862. The fourth-order valence-electron chi connectivity index (χ4n) is 3.21. The van der Waals surface area contributed by atoms with E-state index in [4.69, 9.17) is 0 Å². The van der Waals surface area contributed by atoms with Crippen molar-refractivity contribution in [3.05, 3.63) is 41.5 Å². The van der Waals surface area contributed by atoms with Crippen molar-refractivity contribution in [3.63, 3.8) is 0 Å². The molecule has 0 amide bonds. The van der Waals surface area contributed by atoms with E-state index in [2.05, 4.69) is 50.6 Å². The molecule has 1 aliphatic rings. The number of hydrogen-bond acceptors (Lipinski definition) is 1. The van der Waals surface area contributed by atoms with Crippen LogP contribution in [0.1, 0.15) is 48.8 Å². The molecular formula is C18H27N. The maximum absolute atomic E-state index is 4.31. The van der Waals surface area contributed by atoms with Crippen molar-refractivity contribution < 1.29 is 0 Å². The van der Waals surface area contributed by atoms with Gasteiger partial charge < -0.3 is 4.90 Å². The van der Waals surface area contributed by atoms with Crippen LogP contribution in [0.2, 0.25) is 0 Å². The summed E-state index contributed by atoms with van der Waals surface area (Å²) in [5.41, 5.74) is 5.12. The molecule has 0 saturated heterocycles. The zero-order valence-corrected chi connectivity index (χ0v) is 12.7. The van der Waals surface area contributed by atoms with Gasteiger partial charge in [-0.05, 0) is 38.2 Å². The molecule has 1 fully saturated rings. The Morgan fingerprint density at radius 1 is 1.21 bits per heavy atom. The first-order chi connectivity index (χ1) is 9.08. The van der Waals surface area contributed by atoms with Gasteiger partial charge in [0.25, 0.3) is 0 Å². The summed E-state index contributed by atoms with van der Waals surface area (Å²) >= 11 is 0. The Balaban J connectivity index is 2.01. The minimum Gasteiger partial charge on any atom is -0.374 e. The zero-order valence-electron chi connectivity index (χ0n) is 12.7. The monoisotopic (exact) mass is 257 g/mol. The van der Waals surface area contributed by atoms with E-state index in [1.54, 1.807) is 0 Å². The van der Waals surface area contributed by atoms with E-state index >= 15 is 0 Å². The van der Waals surface area contributed by atoms with Crippen LogP contribution in [0.25, 0.3) is 5.70 Å². The molecule has 0 spiro atoms. The maximum atomic E-state index is 4.31. The van der Waals surface area contributed by atoms with Crippen LogP contribution in [0, 0.1) is 19.8 Å². The maximum Gasteiger partial charge on any atom is 0.0366 e. The fraction of sp³-hybridized carbons (Fsp3) is 0.556. The minimum atomic E-state index is 0.862. The van der Waals surface area contributed by atoms with Crippen molar-refractivity contribution in [2.75, 3.05) is 13.6 Å². The number of aryl methyl sites for hydroxylation is 2. The van der Waals surface area contributed by atoms with Gasteiger partial charge >= 0.3 is 0 Å². The molecule has 1 aromatic rings. The van der Waals surface area contributed by atoms with Crippen LogP contribution in [0.4, 0.5) is 0 Å². The van der Waals surface area contributed by atoms with Crippen molar-refractivity contribution in [1.82, 2.24) is 4.90 Å². The number of rotatable bonds is 4. The van der Waals surface area contributed by atoms with Gasteiger partial charge in [0.1, 0.15) is 0 Å². The van der Waals surface area contributed by atoms with Gasteiger partial charge in [-0.2, -0.15) is 0 Å². The van der Waals surface area contributed by atoms with Crippen LogP contribution >= 0.6 is 0 Å². The van der Waals surface area contributed by atoms with Crippen LogP contribution in [0.5, 0.6) is 0 Å². The van der Waals surface area contributed by atoms with Gasteiger partial charge in [-0.3, -0.25) is 0 Å². The smallest absolute Gasteiger partial charge is 0.0366 e.